The fourth-order valence-electron chi connectivity index (χ4n) is 2.46. The number of ether oxygens (including phenoxy) is 1. The number of benzene rings is 2. The molecule has 0 aliphatic heterocycles. The summed E-state index contributed by atoms with van der Waals surface area (Å²) in [6.07, 6.45) is 1.52. The molecule has 0 unspecified atom stereocenters. The van der Waals surface area contributed by atoms with Crippen LogP contribution in [0.15, 0.2) is 54.7 Å². The maximum atomic E-state index is 12.5. The molecule has 8 heteroatoms. The average molecular weight is 398 g/mol. The number of aromatic nitrogens is 2. The van der Waals surface area contributed by atoms with Crippen molar-refractivity contribution >= 4 is 40.5 Å². The molecule has 0 saturated heterocycles. The summed E-state index contributed by atoms with van der Waals surface area (Å²) in [5.74, 6) is 0.536. The maximum absolute atomic E-state index is 12.5. The van der Waals surface area contributed by atoms with Crippen LogP contribution in [0.2, 0.25) is 5.02 Å². The van der Waals surface area contributed by atoms with Crippen molar-refractivity contribution in [3.63, 3.8) is 0 Å². The molecule has 0 fully saturated rings. The van der Waals surface area contributed by atoms with Gasteiger partial charge in [-0.2, -0.15) is 0 Å². The first-order valence-corrected chi connectivity index (χ1v) is 8.86. The van der Waals surface area contributed by atoms with Gasteiger partial charge in [0.25, 0.3) is 5.91 Å². The highest BCUT2D eigenvalue weighted by Gasteiger charge is 2.10. The third kappa shape index (κ3) is 4.69. The first kappa shape index (κ1) is 19.4. The van der Waals surface area contributed by atoms with Crippen molar-refractivity contribution in [1.82, 2.24) is 9.97 Å². The molecule has 28 heavy (non-hydrogen) atoms. The largest absolute Gasteiger partial charge is 0.495 e. The van der Waals surface area contributed by atoms with Crippen LogP contribution >= 0.6 is 11.6 Å². The smallest absolute Gasteiger partial charge is 0.274 e. The van der Waals surface area contributed by atoms with Crippen LogP contribution in [0.4, 0.5) is 23.0 Å². The number of methoxy groups -OCH3 is 1. The molecule has 0 aliphatic carbocycles. The molecule has 1 heterocycles. The number of carbonyl (C=O) groups is 1. The molecule has 0 saturated carbocycles. The van der Waals surface area contributed by atoms with E-state index in [1.807, 2.05) is 43.3 Å². The minimum absolute atomic E-state index is 0.244. The molecule has 0 atom stereocenters. The van der Waals surface area contributed by atoms with Gasteiger partial charge in [-0.15, -0.1) is 0 Å². The molecule has 1 amide bonds. The summed E-state index contributed by atoms with van der Waals surface area (Å²) in [5.41, 5.74) is 2.66. The third-order valence-corrected chi connectivity index (χ3v) is 4.23. The summed E-state index contributed by atoms with van der Waals surface area (Å²) in [5, 5.41) is 6.31. The fraction of sp³-hybridized carbons (Fsp3) is 0.150. The van der Waals surface area contributed by atoms with Gasteiger partial charge >= 0.3 is 0 Å². The van der Waals surface area contributed by atoms with Crippen molar-refractivity contribution < 1.29 is 9.53 Å². The fourth-order valence-corrected chi connectivity index (χ4v) is 2.71. The van der Waals surface area contributed by atoms with E-state index in [1.54, 1.807) is 31.4 Å². The van der Waals surface area contributed by atoms with Crippen molar-refractivity contribution in [2.24, 2.45) is 0 Å². The minimum atomic E-state index is -0.323. The van der Waals surface area contributed by atoms with E-state index in [-0.39, 0.29) is 17.5 Å². The van der Waals surface area contributed by atoms with E-state index in [1.165, 1.54) is 6.20 Å². The second-order valence-corrected chi connectivity index (χ2v) is 6.54. The molecule has 0 radical (unpaired) electrons. The molecule has 0 bridgehead atoms. The van der Waals surface area contributed by atoms with E-state index in [2.05, 4.69) is 20.6 Å². The van der Waals surface area contributed by atoms with E-state index >= 15 is 0 Å². The Morgan fingerprint density at radius 3 is 2.43 bits per heavy atom. The number of nitrogens with one attached hydrogen (secondary N) is 2. The molecular weight excluding hydrogens is 378 g/mol. The van der Waals surface area contributed by atoms with Crippen LogP contribution in [0.25, 0.3) is 0 Å². The van der Waals surface area contributed by atoms with Crippen molar-refractivity contribution in [3.8, 4) is 5.75 Å². The summed E-state index contributed by atoms with van der Waals surface area (Å²) in [6, 6.07) is 14.3. The number of amides is 1. The summed E-state index contributed by atoms with van der Waals surface area (Å²) >= 11 is 6.13. The van der Waals surface area contributed by atoms with Crippen molar-refractivity contribution in [3.05, 3.63) is 65.4 Å². The lowest BCUT2D eigenvalue weighted by molar-refractivity contribution is 0.102. The number of rotatable bonds is 6. The molecule has 0 spiro atoms. The molecule has 3 rings (SSSR count). The zero-order chi connectivity index (χ0) is 20.1. The summed E-state index contributed by atoms with van der Waals surface area (Å²) in [7, 11) is 5.46. The summed E-state index contributed by atoms with van der Waals surface area (Å²) in [4.78, 5) is 22.9. The number of carbonyl (C=O) groups excluding carboxylic acids is 1. The van der Waals surface area contributed by atoms with Crippen LogP contribution < -0.4 is 20.3 Å². The highest BCUT2D eigenvalue weighted by molar-refractivity contribution is 6.32. The van der Waals surface area contributed by atoms with Crippen LogP contribution in [0, 0.1) is 0 Å². The van der Waals surface area contributed by atoms with Gasteiger partial charge in [0, 0.05) is 37.4 Å². The second kappa shape index (κ2) is 8.58. The Balaban J connectivity index is 1.71. The number of hydrogen-bond acceptors (Lipinski definition) is 6. The quantitative estimate of drug-likeness (QED) is 0.649. The van der Waals surface area contributed by atoms with E-state index in [4.69, 9.17) is 16.3 Å². The van der Waals surface area contributed by atoms with Crippen LogP contribution in [-0.2, 0) is 0 Å². The zero-order valence-corrected chi connectivity index (χ0v) is 16.5. The van der Waals surface area contributed by atoms with Gasteiger partial charge in [0.15, 0.2) is 0 Å². The van der Waals surface area contributed by atoms with E-state index < -0.39 is 0 Å². The Morgan fingerprint density at radius 1 is 1.07 bits per heavy atom. The van der Waals surface area contributed by atoms with Gasteiger partial charge in [-0.1, -0.05) is 11.6 Å². The number of anilines is 4. The lowest BCUT2D eigenvalue weighted by atomic mass is 10.2. The summed E-state index contributed by atoms with van der Waals surface area (Å²) in [6.45, 7) is 0. The monoisotopic (exact) mass is 397 g/mol. The van der Waals surface area contributed by atoms with Crippen molar-refractivity contribution in [2.45, 2.75) is 0 Å². The second-order valence-electron chi connectivity index (χ2n) is 6.14. The molecule has 2 aromatic carbocycles. The maximum Gasteiger partial charge on any atom is 0.274 e. The Kier molecular flexibility index (Phi) is 5.96. The van der Waals surface area contributed by atoms with Crippen LogP contribution in [0.1, 0.15) is 10.5 Å². The normalized spacial score (nSPS) is 10.3. The predicted molar refractivity (Wildman–Crippen MR) is 112 cm³/mol. The number of hydrogen-bond donors (Lipinski definition) is 2. The Hall–Kier alpha value is -3.32. The highest BCUT2D eigenvalue weighted by atomic mass is 35.5. The molecule has 2 N–H and O–H groups in total. The predicted octanol–water partition coefficient (Wildman–Crippen LogP) is 4.20. The van der Waals surface area contributed by atoms with Gasteiger partial charge in [0.2, 0.25) is 5.95 Å². The van der Waals surface area contributed by atoms with Gasteiger partial charge in [-0.05, 0) is 48.5 Å². The SMILES string of the molecule is COc1ccc(Nc2nccc(C(=O)Nc3ccc(N(C)C)cc3)n2)cc1Cl. The topological polar surface area (TPSA) is 79.4 Å². The molecule has 144 valence electrons. The van der Waals surface area contributed by atoms with E-state index in [9.17, 15) is 4.79 Å². The first-order valence-electron chi connectivity index (χ1n) is 8.48. The van der Waals surface area contributed by atoms with Gasteiger partial charge in [0.1, 0.15) is 11.4 Å². The van der Waals surface area contributed by atoms with Crippen LogP contribution in [-0.4, -0.2) is 37.1 Å². The minimum Gasteiger partial charge on any atom is -0.495 e. The molecule has 7 nitrogen and oxygen atoms in total. The van der Waals surface area contributed by atoms with Gasteiger partial charge in [-0.3, -0.25) is 4.79 Å². The molecule has 1 aromatic heterocycles. The number of nitrogens with zero attached hydrogens (tertiary/aromatic N) is 3. The average Bonchev–Trinajstić information content (AvgIpc) is 2.69. The lowest BCUT2D eigenvalue weighted by Gasteiger charge is -2.13. The van der Waals surface area contributed by atoms with Crippen LogP contribution in [0.5, 0.6) is 5.75 Å². The lowest BCUT2D eigenvalue weighted by Crippen LogP contribution is -2.15. The highest BCUT2D eigenvalue weighted by Crippen LogP contribution is 2.28. The van der Waals surface area contributed by atoms with Crippen molar-refractivity contribution in [2.75, 3.05) is 36.7 Å². The molecule has 0 aliphatic rings. The molecular formula is C20H20ClN5O2. The van der Waals surface area contributed by atoms with E-state index in [0.29, 0.717) is 22.1 Å². The Bertz CT molecular complexity index is 977. The van der Waals surface area contributed by atoms with Crippen LogP contribution in [0.3, 0.4) is 0 Å². The van der Waals surface area contributed by atoms with E-state index in [0.717, 1.165) is 5.69 Å². The first-order chi connectivity index (χ1) is 13.5. The van der Waals surface area contributed by atoms with Crippen molar-refractivity contribution in [1.29, 1.82) is 0 Å². The third-order valence-electron chi connectivity index (χ3n) is 3.94. The van der Waals surface area contributed by atoms with Gasteiger partial charge in [0.05, 0.1) is 12.1 Å². The summed E-state index contributed by atoms with van der Waals surface area (Å²) < 4.78 is 5.13. The van der Waals surface area contributed by atoms with Gasteiger partial charge < -0.3 is 20.3 Å². The Morgan fingerprint density at radius 2 is 1.79 bits per heavy atom. The molecule has 3 aromatic rings. The standard InChI is InChI=1S/C20H20ClN5O2/c1-26(2)15-7-4-13(5-8-15)23-19(27)17-10-11-22-20(25-17)24-14-6-9-18(28-3)16(21)12-14/h4-12H,1-3H3,(H,23,27)(H,22,24,25). The zero-order valence-electron chi connectivity index (χ0n) is 15.7. The number of halogens is 1. The Labute approximate surface area is 168 Å². The van der Waals surface area contributed by atoms with Gasteiger partial charge in [-0.25, -0.2) is 9.97 Å².